The van der Waals surface area contributed by atoms with Crippen LogP contribution >= 0.6 is 0 Å². The summed E-state index contributed by atoms with van der Waals surface area (Å²) in [6.07, 6.45) is 0.978. The van der Waals surface area contributed by atoms with Gasteiger partial charge in [0.1, 0.15) is 16.5 Å². The standard InChI is InChI=1S/C16H17F2NO2S/c1-3-11(2)12-4-7-14(8-5-12)19-22(20,21)16-9-6-13(17)10-15(16)18/h4-11,19H,3H2,1-2H3/t11-/m1/s1. The van der Waals surface area contributed by atoms with E-state index in [0.29, 0.717) is 17.7 Å². The molecule has 3 nitrogen and oxygen atoms in total. The first-order valence-electron chi connectivity index (χ1n) is 6.91. The third-order valence-corrected chi connectivity index (χ3v) is 4.94. The number of hydrogen-bond donors (Lipinski definition) is 1. The maximum Gasteiger partial charge on any atom is 0.264 e. The van der Waals surface area contributed by atoms with Gasteiger partial charge in [0.25, 0.3) is 10.0 Å². The van der Waals surface area contributed by atoms with Gasteiger partial charge in [0, 0.05) is 11.8 Å². The molecule has 22 heavy (non-hydrogen) atoms. The maximum absolute atomic E-state index is 13.6. The van der Waals surface area contributed by atoms with Crippen molar-refractivity contribution in [2.24, 2.45) is 0 Å². The molecule has 0 aliphatic rings. The Morgan fingerprint density at radius 2 is 1.73 bits per heavy atom. The molecule has 0 unspecified atom stereocenters. The van der Waals surface area contributed by atoms with Crippen molar-refractivity contribution in [3.05, 3.63) is 59.7 Å². The molecule has 1 atom stereocenters. The van der Waals surface area contributed by atoms with E-state index < -0.39 is 26.6 Å². The van der Waals surface area contributed by atoms with Crippen molar-refractivity contribution >= 4 is 15.7 Å². The second kappa shape index (κ2) is 6.44. The molecule has 0 amide bonds. The highest BCUT2D eigenvalue weighted by Gasteiger charge is 2.19. The smallest absolute Gasteiger partial charge is 0.264 e. The van der Waals surface area contributed by atoms with Gasteiger partial charge in [0.15, 0.2) is 0 Å². The number of anilines is 1. The molecule has 2 aromatic rings. The highest BCUT2D eigenvalue weighted by molar-refractivity contribution is 7.92. The van der Waals surface area contributed by atoms with Crippen molar-refractivity contribution in [2.45, 2.75) is 31.1 Å². The van der Waals surface area contributed by atoms with Crippen LogP contribution in [0.5, 0.6) is 0 Å². The van der Waals surface area contributed by atoms with Gasteiger partial charge in [0.05, 0.1) is 0 Å². The first kappa shape index (κ1) is 16.4. The summed E-state index contributed by atoms with van der Waals surface area (Å²) in [5, 5.41) is 0. The summed E-state index contributed by atoms with van der Waals surface area (Å²) >= 11 is 0. The molecule has 0 bridgehead atoms. The van der Waals surface area contributed by atoms with E-state index in [2.05, 4.69) is 18.6 Å². The summed E-state index contributed by atoms with van der Waals surface area (Å²) in [7, 11) is -4.09. The molecule has 1 N–H and O–H groups in total. The number of sulfonamides is 1. The molecule has 0 heterocycles. The van der Waals surface area contributed by atoms with E-state index in [4.69, 9.17) is 0 Å². The molecular weight excluding hydrogens is 308 g/mol. The lowest BCUT2D eigenvalue weighted by Gasteiger charge is -2.12. The summed E-state index contributed by atoms with van der Waals surface area (Å²) in [6, 6.07) is 9.26. The number of halogens is 2. The van der Waals surface area contributed by atoms with Gasteiger partial charge in [-0.25, -0.2) is 17.2 Å². The van der Waals surface area contributed by atoms with Gasteiger partial charge in [-0.3, -0.25) is 4.72 Å². The Hall–Kier alpha value is -1.95. The van der Waals surface area contributed by atoms with Crippen LogP contribution in [0.3, 0.4) is 0 Å². The molecule has 118 valence electrons. The largest absolute Gasteiger partial charge is 0.280 e. The van der Waals surface area contributed by atoms with Crippen molar-refractivity contribution in [1.82, 2.24) is 0 Å². The van der Waals surface area contributed by atoms with Gasteiger partial charge < -0.3 is 0 Å². The van der Waals surface area contributed by atoms with Crippen molar-refractivity contribution in [1.29, 1.82) is 0 Å². The molecule has 2 rings (SSSR count). The fourth-order valence-corrected chi connectivity index (χ4v) is 3.14. The average Bonchev–Trinajstić information content (AvgIpc) is 2.46. The van der Waals surface area contributed by atoms with Crippen molar-refractivity contribution in [2.75, 3.05) is 4.72 Å². The zero-order valence-corrected chi connectivity index (χ0v) is 13.1. The van der Waals surface area contributed by atoms with Crippen LogP contribution in [0.2, 0.25) is 0 Å². The quantitative estimate of drug-likeness (QED) is 0.892. The van der Waals surface area contributed by atoms with Gasteiger partial charge in [-0.1, -0.05) is 26.0 Å². The fraction of sp³-hybridized carbons (Fsp3) is 0.250. The third kappa shape index (κ3) is 3.62. The van der Waals surface area contributed by atoms with E-state index in [1.807, 2.05) is 12.1 Å². The van der Waals surface area contributed by atoms with Crippen LogP contribution in [0.25, 0.3) is 0 Å². The number of rotatable bonds is 5. The summed E-state index contributed by atoms with van der Waals surface area (Å²) < 4.78 is 53.0. The van der Waals surface area contributed by atoms with Gasteiger partial charge >= 0.3 is 0 Å². The Labute approximate surface area is 129 Å². The topological polar surface area (TPSA) is 46.2 Å². The van der Waals surface area contributed by atoms with Crippen LogP contribution in [0, 0.1) is 11.6 Å². The molecular formula is C16H17F2NO2S. The lowest BCUT2D eigenvalue weighted by Crippen LogP contribution is -2.14. The predicted octanol–water partition coefficient (Wildman–Crippen LogP) is 4.28. The first-order chi connectivity index (χ1) is 10.3. The molecule has 0 fully saturated rings. The maximum atomic E-state index is 13.6. The van der Waals surface area contributed by atoms with Crippen LogP contribution in [0.15, 0.2) is 47.4 Å². The normalized spacial score (nSPS) is 12.9. The summed E-state index contributed by atoms with van der Waals surface area (Å²) in [4.78, 5) is -0.583. The van der Waals surface area contributed by atoms with E-state index >= 15 is 0 Å². The second-order valence-electron chi connectivity index (χ2n) is 5.11. The number of benzene rings is 2. The highest BCUT2D eigenvalue weighted by Crippen LogP contribution is 2.23. The molecule has 0 aromatic heterocycles. The zero-order valence-electron chi connectivity index (χ0n) is 12.3. The minimum atomic E-state index is -4.09. The SMILES string of the molecule is CC[C@@H](C)c1ccc(NS(=O)(=O)c2ccc(F)cc2F)cc1. The molecule has 0 aliphatic heterocycles. The van der Waals surface area contributed by atoms with Crippen LogP contribution < -0.4 is 4.72 Å². The molecule has 0 saturated carbocycles. The molecule has 0 saturated heterocycles. The van der Waals surface area contributed by atoms with E-state index in [0.717, 1.165) is 24.1 Å². The van der Waals surface area contributed by atoms with Crippen LogP contribution in [-0.2, 0) is 10.0 Å². The van der Waals surface area contributed by atoms with Gasteiger partial charge in [-0.05, 0) is 42.2 Å². The monoisotopic (exact) mass is 325 g/mol. The third-order valence-electron chi connectivity index (χ3n) is 3.53. The zero-order chi connectivity index (χ0) is 16.3. The fourth-order valence-electron chi connectivity index (χ4n) is 2.02. The lowest BCUT2D eigenvalue weighted by molar-refractivity contribution is 0.551. The first-order valence-corrected chi connectivity index (χ1v) is 8.39. The van der Waals surface area contributed by atoms with Crippen LogP contribution in [0.1, 0.15) is 31.7 Å². The molecule has 2 aromatic carbocycles. The van der Waals surface area contributed by atoms with Crippen molar-refractivity contribution < 1.29 is 17.2 Å². The lowest BCUT2D eigenvalue weighted by atomic mass is 9.99. The summed E-state index contributed by atoms with van der Waals surface area (Å²) in [6.45, 7) is 4.14. The van der Waals surface area contributed by atoms with Crippen LogP contribution in [-0.4, -0.2) is 8.42 Å². The Balaban J connectivity index is 2.25. The van der Waals surface area contributed by atoms with Crippen molar-refractivity contribution in [3.63, 3.8) is 0 Å². The highest BCUT2D eigenvalue weighted by atomic mass is 32.2. The second-order valence-corrected chi connectivity index (χ2v) is 6.76. The summed E-state index contributed by atoms with van der Waals surface area (Å²) in [5.74, 6) is -1.57. The van der Waals surface area contributed by atoms with E-state index in [1.165, 1.54) is 0 Å². The van der Waals surface area contributed by atoms with Crippen molar-refractivity contribution in [3.8, 4) is 0 Å². The van der Waals surface area contributed by atoms with E-state index in [1.54, 1.807) is 12.1 Å². The Kier molecular flexibility index (Phi) is 4.81. The van der Waals surface area contributed by atoms with E-state index in [-0.39, 0.29) is 0 Å². The molecule has 0 spiro atoms. The van der Waals surface area contributed by atoms with Crippen LogP contribution in [0.4, 0.5) is 14.5 Å². The predicted molar refractivity (Wildman–Crippen MR) is 82.3 cm³/mol. The minimum Gasteiger partial charge on any atom is -0.280 e. The summed E-state index contributed by atoms with van der Waals surface area (Å²) in [5.41, 5.74) is 1.43. The Morgan fingerprint density at radius 3 is 2.27 bits per heavy atom. The molecule has 0 aliphatic carbocycles. The number of hydrogen-bond acceptors (Lipinski definition) is 2. The molecule has 0 radical (unpaired) electrons. The van der Waals surface area contributed by atoms with Gasteiger partial charge in [-0.15, -0.1) is 0 Å². The Bertz CT molecular complexity index is 758. The van der Waals surface area contributed by atoms with E-state index in [9.17, 15) is 17.2 Å². The van der Waals surface area contributed by atoms with Gasteiger partial charge in [-0.2, -0.15) is 0 Å². The Morgan fingerprint density at radius 1 is 1.09 bits per heavy atom. The molecule has 6 heteroatoms. The average molecular weight is 325 g/mol. The van der Waals surface area contributed by atoms with Gasteiger partial charge in [0.2, 0.25) is 0 Å². The minimum absolute atomic E-state index is 0.329. The number of nitrogens with one attached hydrogen (secondary N) is 1.